The van der Waals surface area contributed by atoms with Gasteiger partial charge in [0.2, 0.25) is 10.0 Å². The molecular formula is C38H46BFN2O7S. The molecule has 1 amide bonds. The molecule has 2 fully saturated rings. The van der Waals surface area contributed by atoms with Crippen LogP contribution in [0, 0.1) is 11.7 Å². The lowest BCUT2D eigenvalue weighted by molar-refractivity contribution is 0.00578. The van der Waals surface area contributed by atoms with E-state index in [9.17, 15) is 17.6 Å². The van der Waals surface area contributed by atoms with E-state index in [4.69, 9.17) is 24.2 Å². The molecule has 0 radical (unpaired) electrons. The number of carbonyl (C=O) groups excluding carboxylic acids is 1. The largest absolute Gasteiger partial charge is 0.460 e. The van der Waals surface area contributed by atoms with Gasteiger partial charge in [0.1, 0.15) is 17.2 Å². The number of nitrogens with two attached hydrogens (primary N) is 1. The van der Waals surface area contributed by atoms with Gasteiger partial charge in [-0.05, 0) is 94.1 Å². The third-order valence-corrected chi connectivity index (χ3v) is 11.3. The predicted molar refractivity (Wildman–Crippen MR) is 193 cm³/mol. The third kappa shape index (κ3) is 8.09. The first-order valence-corrected chi connectivity index (χ1v) is 19.0. The zero-order valence-electron chi connectivity index (χ0n) is 29.4. The Hall–Kier alpha value is -3.71. The van der Waals surface area contributed by atoms with Crippen LogP contribution in [0.5, 0.6) is 0 Å². The van der Waals surface area contributed by atoms with Gasteiger partial charge in [0.05, 0.1) is 41.9 Å². The highest BCUT2D eigenvalue weighted by atomic mass is 32.2. The van der Waals surface area contributed by atoms with Crippen LogP contribution < -0.4 is 10.0 Å². The quantitative estimate of drug-likeness (QED) is 0.130. The summed E-state index contributed by atoms with van der Waals surface area (Å²) in [7, 11) is -4.22. The van der Waals surface area contributed by atoms with Crippen molar-refractivity contribution >= 4 is 39.7 Å². The van der Waals surface area contributed by atoms with E-state index in [1.165, 1.54) is 22.7 Å². The Morgan fingerprint density at radius 3 is 2.28 bits per heavy atom. The molecule has 1 aliphatic heterocycles. The number of hydrogen-bond donors (Lipinski definition) is 1. The fraction of sp³-hybridized carbons (Fsp3) is 0.447. The van der Waals surface area contributed by atoms with Crippen LogP contribution in [0.4, 0.5) is 10.1 Å². The zero-order chi connectivity index (χ0) is 35.8. The Bertz CT molecular complexity index is 1930. The summed E-state index contributed by atoms with van der Waals surface area (Å²) >= 11 is 0. The minimum Gasteiger partial charge on any atom is -0.460 e. The van der Waals surface area contributed by atoms with E-state index in [0.717, 1.165) is 29.5 Å². The Morgan fingerprint density at radius 1 is 1.02 bits per heavy atom. The summed E-state index contributed by atoms with van der Waals surface area (Å²) < 4.78 is 67.4. The molecule has 0 spiro atoms. The summed E-state index contributed by atoms with van der Waals surface area (Å²) in [4.78, 5) is 12.8. The molecule has 12 heteroatoms. The van der Waals surface area contributed by atoms with Gasteiger partial charge in [0.25, 0.3) is 5.91 Å². The lowest BCUT2D eigenvalue weighted by atomic mass is 9.80. The maximum absolute atomic E-state index is 13.7. The number of benzene rings is 3. The molecular weight excluding hydrogens is 658 g/mol. The van der Waals surface area contributed by atoms with Gasteiger partial charge < -0.3 is 24.2 Å². The van der Waals surface area contributed by atoms with Gasteiger partial charge in [-0.2, -0.15) is 0 Å². The highest BCUT2D eigenvalue weighted by Gasteiger charge is 2.50. The van der Waals surface area contributed by atoms with Crippen molar-refractivity contribution in [1.29, 1.82) is 0 Å². The number of furan rings is 1. The molecule has 2 heterocycles. The van der Waals surface area contributed by atoms with Crippen LogP contribution in [-0.4, -0.2) is 52.1 Å². The van der Waals surface area contributed by atoms with Crippen molar-refractivity contribution in [3.8, 4) is 0 Å². The average molecular weight is 705 g/mol. The second-order valence-corrected chi connectivity index (χ2v) is 16.6. The van der Waals surface area contributed by atoms with E-state index in [1.54, 1.807) is 18.2 Å². The van der Waals surface area contributed by atoms with E-state index >= 15 is 0 Å². The molecule has 4 aromatic rings. The average Bonchev–Trinajstić information content (AvgIpc) is 3.78. The van der Waals surface area contributed by atoms with Crippen molar-refractivity contribution in [3.05, 3.63) is 101 Å². The van der Waals surface area contributed by atoms with Crippen molar-refractivity contribution in [2.75, 3.05) is 23.7 Å². The molecule has 1 saturated heterocycles. The molecule has 1 aromatic heterocycles. The Balaban J connectivity index is 1.33. The van der Waals surface area contributed by atoms with Crippen molar-refractivity contribution in [2.24, 2.45) is 11.7 Å². The minimum atomic E-state index is -3.79. The van der Waals surface area contributed by atoms with Crippen LogP contribution in [0.3, 0.4) is 0 Å². The van der Waals surface area contributed by atoms with Crippen molar-refractivity contribution in [3.63, 3.8) is 0 Å². The number of fused-ring (bicyclic) bond motifs is 1. The first-order valence-electron chi connectivity index (χ1n) is 17.2. The molecule has 9 nitrogen and oxygen atoms in total. The third-order valence-electron chi connectivity index (χ3n) is 10.1. The molecule has 1 aliphatic carbocycles. The lowest BCUT2D eigenvalue weighted by Crippen LogP contribution is -2.41. The normalized spacial score (nSPS) is 17.7. The van der Waals surface area contributed by atoms with Crippen LogP contribution in [0.1, 0.15) is 85.7 Å². The Labute approximate surface area is 294 Å². The molecule has 1 saturated carbocycles. The van der Waals surface area contributed by atoms with Crippen LogP contribution in [0.15, 0.2) is 71.1 Å². The summed E-state index contributed by atoms with van der Waals surface area (Å²) in [6, 6.07) is 19.4. The molecule has 2 N–H and O–H groups in total. The number of sulfonamides is 1. The van der Waals surface area contributed by atoms with Crippen LogP contribution in [-0.2, 0) is 37.1 Å². The lowest BCUT2D eigenvalue weighted by Gasteiger charge is -2.32. The van der Waals surface area contributed by atoms with Gasteiger partial charge in [-0.1, -0.05) is 42.5 Å². The van der Waals surface area contributed by atoms with Crippen molar-refractivity contribution in [2.45, 2.75) is 83.4 Å². The zero-order valence-corrected chi connectivity index (χ0v) is 30.2. The summed E-state index contributed by atoms with van der Waals surface area (Å²) in [6.45, 7) is 8.91. The molecule has 1 unspecified atom stereocenters. The van der Waals surface area contributed by atoms with Gasteiger partial charge in [-0.3, -0.25) is 9.10 Å². The van der Waals surface area contributed by atoms with Crippen molar-refractivity contribution < 1.29 is 36.1 Å². The van der Waals surface area contributed by atoms with Gasteiger partial charge in [-0.25, -0.2) is 12.8 Å². The fourth-order valence-corrected chi connectivity index (χ4v) is 7.56. The number of anilines is 1. The molecule has 0 bridgehead atoms. The smallest absolute Gasteiger partial charge is 0.457 e. The highest BCUT2D eigenvalue weighted by molar-refractivity contribution is 7.92. The summed E-state index contributed by atoms with van der Waals surface area (Å²) in [5, 5.41) is 0.539. The van der Waals surface area contributed by atoms with Crippen molar-refractivity contribution in [1.82, 2.24) is 0 Å². The Kier molecular flexibility index (Phi) is 10.2. The second kappa shape index (κ2) is 14.1. The number of hydrogen-bond acceptors (Lipinski definition) is 7. The molecule has 3 aromatic carbocycles. The summed E-state index contributed by atoms with van der Waals surface area (Å²) in [6.07, 6.45) is 4.37. The van der Waals surface area contributed by atoms with E-state index in [2.05, 4.69) is 0 Å². The topological polar surface area (TPSA) is 121 Å². The van der Waals surface area contributed by atoms with E-state index in [0.29, 0.717) is 48.4 Å². The SMILES string of the molecule is CC1(C)OB(CCC(COCc2ccccc2)CN(c2cc3oc(Cc4ccc(F)cc4)c(C(N)=O)c3cc2C2CC2)S(C)(=O)=O)OC1(C)C. The first-order chi connectivity index (χ1) is 23.6. The maximum Gasteiger partial charge on any atom is 0.457 e. The van der Waals surface area contributed by atoms with Gasteiger partial charge >= 0.3 is 7.12 Å². The fourth-order valence-electron chi connectivity index (χ4n) is 6.57. The standard InChI is InChI=1S/C38H46BFN2O7S/c1-37(2)38(3,4)49-39(48-37)18-17-27(24-46-23-26-9-7-6-8-10-26)22-42(50(5,44)45)32-21-33-31(20-30(32)28-13-14-28)35(36(41)43)34(47-33)19-25-11-15-29(40)16-12-25/h6-12,15-16,20-21,27-28H,13-14,17-19,22-24H2,1-5H3,(H2,41,43). The van der Waals surface area contributed by atoms with E-state index < -0.39 is 34.3 Å². The molecule has 50 heavy (non-hydrogen) atoms. The molecule has 1 atom stereocenters. The maximum atomic E-state index is 13.7. The first kappa shape index (κ1) is 36.1. The second-order valence-electron chi connectivity index (χ2n) is 14.7. The highest BCUT2D eigenvalue weighted by Crippen LogP contribution is 2.48. The van der Waals surface area contributed by atoms with Gasteiger partial charge in [0, 0.05) is 30.3 Å². The molecule has 6 rings (SSSR count). The van der Waals surface area contributed by atoms with Crippen LogP contribution in [0.2, 0.25) is 6.32 Å². The molecule has 2 aliphatic rings. The number of carbonyl (C=O) groups is 1. The van der Waals surface area contributed by atoms with Crippen LogP contribution >= 0.6 is 0 Å². The van der Waals surface area contributed by atoms with E-state index in [1.807, 2.05) is 64.1 Å². The van der Waals surface area contributed by atoms with Gasteiger partial charge in [0.15, 0.2) is 0 Å². The number of rotatable bonds is 15. The van der Waals surface area contributed by atoms with E-state index in [-0.39, 0.29) is 36.2 Å². The Morgan fingerprint density at radius 2 is 1.68 bits per heavy atom. The summed E-state index contributed by atoms with van der Waals surface area (Å²) in [5.41, 5.74) is 8.65. The summed E-state index contributed by atoms with van der Waals surface area (Å²) in [5.74, 6) is -0.741. The van der Waals surface area contributed by atoms with Gasteiger partial charge in [-0.15, -0.1) is 0 Å². The number of halogens is 1. The van der Waals surface area contributed by atoms with Crippen LogP contribution in [0.25, 0.3) is 11.0 Å². The number of ether oxygens (including phenoxy) is 1. The monoisotopic (exact) mass is 704 g/mol. The number of primary amides is 1. The molecule has 266 valence electrons. The predicted octanol–water partition coefficient (Wildman–Crippen LogP) is 7.22. The number of nitrogens with zero attached hydrogens (tertiary/aromatic N) is 1. The minimum absolute atomic E-state index is 0.132. The number of amides is 1.